The number of hydrogen-bond donors (Lipinski definition) is 3. The minimum Gasteiger partial charge on any atom is -0.492 e. The number of anilines is 3. The number of benzene rings is 2. The molecule has 3 aromatic rings. The Labute approximate surface area is 176 Å². The zero-order chi connectivity index (χ0) is 20.5. The predicted molar refractivity (Wildman–Crippen MR) is 115 cm³/mol. The normalized spacial score (nSPS) is 10.2. The number of urea groups is 1. The average Bonchev–Trinajstić information content (AvgIpc) is 3.16. The maximum absolute atomic E-state index is 12.0. The van der Waals surface area contributed by atoms with Crippen LogP contribution in [0.15, 0.2) is 58.9 Å². The van der Waals surface area contributed by atoms with E-state index in [0.717, 1.165) is 11.4 Å². The van der Waals surface area contributed by atoms with Crippen molar-refractivity contribution in [2.45, 2.75) is 11.3 Å². The van der Waals surface area contributed by atoms with E-state index >= 15 is 0 Å². The lowest BCUT2D eigenvalue weighted by molar-refractivity contribution is -0.117. The fourth-order valence-electron chi connectivity index (χ4n) is 2.26. The van der Waals surface area contributed by atoms with Crippen LogP contribution >= 0.6 is 23.1 Å². The van der Waals surface area contributed by atoms with Crippen molar-refractivity contribution < 1.29 is 14.3 Å². The molecule has 3 amide bonds. The van der Waals surface area contributed by atoms with Crippen LogP contribution in [0.3, 0.4) is 0 Å². The lowest BCUT2D eigenvalue weighted by Gasteiger charge is -2.09. The van der Waals surface area contributed by atoms with Crippen molar-refractivity contribution in [3.8, 4) is 5.75 Å². The Balaban J connectivity index is 1.48. The summed E-state index contributed by atoms with van der Waals surface area (Å²) in [6, 6.07) is 15.9. The molecule has 0 aliphatic rings. The zero-order valence-electron chi connectivity index (χ0n) is 15.5. The van der Waals surface area contributed by atoms with Crippen LogP contribution in [0.5, 0.6) is 5.75 Å². The third kappa shape index (κ3) is 6.47. The molecule has 1 aromatic heterocycles. The Kier molecular flexibility index (Phi) is 7.42. The molecule has 0 unspecified atom stereocenters. The molecule has 10 heteroatoms. The monoisotopic (exact) mass is 429 g/mol. The molecular formula is C19H19N5O3S2. The van der Waals surface area contributed by atoms with Crippen LogP contribution in [0.4, 0.5) is 21.3 Å². The lowest BCUT2D eigenvalue weighted by Crippen LogP contribution is -2.35. The first kappa shape index (κ1) is 20.6. The summed E-state index contributed by atoms with van der Waals surface area (Å²) < 4.78 is 6.18. The van der Waals surface area contributed by atoms with Crippen molar-refractivity contribution in [2.75, 3.05) is 23.0 Å². The molecule has 0 spiro atoms. The molecule has 3 rings (SSSR count). The fourth-order valence-corrected chi connectivity index (χ4v) is 3.82. The largest absolute Gasteiger partial charge is 0.492 e. The van der Waals surface area contributed by atoms with Gasteiger partial charge in [-0.25, -0.2) is 4.79 Å². The Morgan fingerprint density at radius 2 is 1.83 bits per heavy atom. The van der Waals surface area contributed by atoms with Gasteiger partial charge in [0.1, 0.15) is 5.75 Å². The van der Waals surface area contributed by atoms with E-state index in [4.69, 9.17) is 4.74 Å². The van der Waals surface area contributed by atoms with E-state index < -0.39 is 11.9 Å². The van der Waals surface area contributed by atoms with Crippen LogP contribution in [0, 0.1) is 0 Å². The van der Waals surface area contributed by atoms with E-state index in [0.29, 0.717) is 21.8 Å². The molecule has 29 heavy (non-hydrogen) atoms. The van der Waals surface area contributed by atoms with Gasteiger partial charge in [-0.3, -0.25) is 10.1 Å². The number of carbonyl (C=O) groups excluding carboxylic acids is 2. The Bertz CT molecular complexity index is 965. The van der Waals surface area contributed by atoms with Gasteiger partial charge in [-0.15, -0.1) is 10.2 Å². The number of amides is 3. The van der Waals surface area contributed by atoms with Crippen LogP contribution in [0.25, 0.3) is 0 Å². The average molecular weight is 430 g/mol. The highest BCUT2D eigenvalue weighted by Crippen LogP contribution is 2.31. The zero-order valence-corrected chi connectivity index (χ0v) is 17.2. The first-order chi connectivity index (χ1) is 14.1. The van der Waals surface area contributed by atoms with Gasteiger partial charge in [0.25, 0.3) is 0 Å². The van der Waals surface area contributed by atoms with E-state index in [1.54, 1.807) is 24.3 Å². The van der Waals surface area contributed by atoms with Crippen LogP contribution in [0.2, 0.25) is 0 Å². The van der Waals surface area contributed by atoms with Gasteiger partial charge in [0, 0.05) is 5.69 Å². The van der Waals surface area contributed by atoms with Gasteiger partial charge < -0.3 is 15.4 Å². The standard InChI is InChI=1S/C19H19N5O3S2/c1-2-27-15-11-7-6-10-14(15)21-18-23-24-19(29-18)28-12-16(25)22-17(26)20-13-8-4-3-5-9-13/h3-11H,2,12H2,1H3,(H,21,23)(H2,20,22,25,26). The molecule has 150 valence electrons. The quantitative estimate of drug-likeness (QED) is 0.463. The number of ether oxygens (including phenoxy) is 1. The minimum atomic E-state index is -0.575. The second-order valence-electron chi connectivity index (χ2n) is 5.58. The van der Waals surface area contributed by atoms with Gasteiger partial charge in [0.05, 0.1) is 18.0 Å². The number of aromatic nitrogens is 2. The second kappa shape index (κ2) is 10.4. The molecule has 3 N–H and O–H groups in total. The lowest BCUT2D eigenvalue weighted by atomic mass is 10.3. The summed E-state index contributed by atoms with van der Waals surface area (Å²) in [5.41, 5.74) is 1.40. The van der Waals surface area contributed by atoms with Crippen molar-refractivity contribution in [3.05, 3.63) is 54.6 Å². The van der Waals surface area contributed by atoms with Gasteiger partial charge in [-0.2, -0.15) is 0 Å². The van der Waals surface area contributed by atoms with Crippen molar-refractivity contribution in [2.24, 2.45) is 0 Å². The summed E-state index contributed by atoms with van der Waals surface area (Å²) in [5, 5.41) is 16.8. The summed E-state index contributed by atoms with van der Waals surface area (Å²) in [7, 11) is 0. The topological polar surface area (TPSA) is 105 Å². The molecule has 0 saturated heterocycles. The summed E-state index contributed by atoms with van der Waals surface area (Å²) in [4.78, 5) is 23.8. The highest BCUT2D eigenvalue weighted by Gasteiger charge is 2.12. The number of nitrogens with one attached hydrogen (secondary N) is 3. The van der Waals surface area contributed by atoms with E-state index in [-0.39, 0.29) is 5.75 Å². The van der Waals surface area contributed by atoms with Crippen LogP contribution < -0.4 is 20.7 Å². The first-order valence-electron chi connectivity index (χ1n) is 8.75. The fraction of sp³-hybridized carbons (Fsp3) is 0.158. The summed E-state index contributed by atoms with van der Waals surface area (Å²) in [6.45, 7) is 2.48. The van der Waals surface area contributed by atoms with Gasteiger partial charge in [0.2, 0.25) is 11.0 Å². The molecule has 0 radical (unpaired) electrons. The molecule has 0 bridgehead atoms. The van der Waals surface area contributed by atoms with E-state index in [1.165, 1.54) is 23.1 Å². The molecular weight excluding hydrogens is 410 g/mol. The smallest absolute Gasteiger partial charge is 0.325 e. The Morgan fingerprint density at radius 3 is 2.62 bits per heavy atom. The van der Waals surface area contributed by atoms with Gasteiger partial charge in [0.15, 0.2) is 4.34 Å². The molecule has 0 aliphatic carbocycles. The van der Waals surface area contributed by atoms with E-state index in [1.807, 2.05) is 37.3 Å². The van der Waals surface area contributed by atoms with Gasteiger partial charge in [-0.1, -0.05) is 53.4 Å². The highest BCUT2D eigenvalue weighted by atomic mass is 32.2. The van der Waals surface area contributed by atoms with Crippen LogP contribution in [-0.4, -0.2) is 34.5 Å². The van der Waals surface area contributed by atoms with Crippen molar-refractivity contribution >= 4 is 51.5 Å². The summed E-state index contributed by atoms with van der Waals surface area (Å²) in [6.07, 6.45) is 0. The number of nitrogens with zero attached hydrogens (tertiary/aromatic N) is 2. The highest BCUT2D eigenvalue weighted by molar-refractivity contribution is 8.01. The van der Waals surface area contributed by atoms with E-state index in [2.05, 4.69) is 26.1 Å². The van der Waals surface area contributed by atoms with Crippen LogP contribution in [0.1, 0.15) is 6.92 Å². The number of imide groups is 1. The maximum Gasteiger partial charge on any atom is 0.325 e. The Morgan fingerprint density at radius 1 is 1.07 bits per heavy atom. The maximum atomic E-state index is 12.0. The number of hydrogen-bond acceptors (Lipinski definition) is 8. The van der Waals surface area contributed by atoms with Crippen molar-refractivity contribution in [3.63, 3.8) is 0 Å². The second-order valence-corrected chi connectivity index (χ2v) is 7.78. The molecule has 1 heterocycles. The first-order valence-corrected chi connectivity index (χ1v) is 10.6. The number of rotatable bonds is 8. The van der Waals surface area contributed by atoms with E-state index in [9.17, 15) is 9.59 Å². The predicted octanol–water partition coefficient (Wildman–Crippen LogP) is 4.12. The van der Waals surface area contributed by atoms with Gasteiger partial charge in [-0.05, 0) is 31.2 Å². The summed E-state index contributed by atoms with van der Waals surface area (Å²) in [5.74, 6) is 0.352. The molecule has 0 atom stereocenters. The SMILES string of the molecule is CCOc1ccccc1Nc1nnc(SCC(=O)NC(=O)Nc2ccccc2)s1. The van der Waals surface area contributed by atoms with Crippen LogP contribution in [-0.2, 0) is 4.79 Å². The third-order valence-corrected chi connectivity index (χ3v) is 5.42. The summed E-state index contributed by atoms with van der Waals surface area (Å²) >= 11 is 2.52. The number of carbonyl (C=O) groups is 2. The van der Waals surface area contributed by atoms with Crippen molar-refractivity contribution in [1.29, 1.82) is 0 Å². The third-order valence-electron chi connectivity index (χ3n) is 3.45. The minimum absolute atomic E-state index is 0.0480. The molecule has 0 aliphatic heterocycles. The van der Waals surface area contributed by atoms with Gasteiger partial charge >= 0.3 is 6.03 Å². The number of para-hydroxylation sites is 3. The molecule has 0 saturated carbocycles. The molecule has 2 aromatic carbocycles. The molecule has 0 fully saturated rings. The number of thioether (sulfide) groups is 1. The Hall–Kier alpha value is -3.11. The molecule has 8 nitrogen and oxygen atoms in total. The van der Waals surface area contributed by atoms with Crippen molar-refractivity contribution in [1.82, 2.24) is 15.5 Å².